The van der Waals surface area contributed by atoms with E-state index in [0.29, 0.717) is 5.69 Å². The molecule has 2 N–H and O–H groups in total. The lowest BCUT2D eigenvalue weighted by atomic mass is 9.72. The van der Waals surface area contributed by atoms with Gasteiger partial charge in [0.05, 0.1) is 12.8 Å². The highest BCUT2D eigenvalue weighted by Crippen LogP contribution is 2.43. The molecular weight excluding hydrogens is 342 g/mol. The lowest BCUT2D eigenvalue weighted by molar-refractivity contribution is -0.0434. The molecule has 2 saturated heterocycles. The largest absolute Gasteiger partial charge is 0.495 e. The van der Waals surface area contributed by atoms with Gasteiger partial charge in [-0.15, -0.1) is 0 Å². The third-order valence-electron chi connectivity index (χ3n) is 5.68. The van der Waals surface area contributed by atoms with Crippen LogP contribution in [-0.4, -0.2) is 49.9 Å². The van der Waals surface area contributed by atoms with Crippen LogP contribution >= 0.6 is 0 Å². The molecule has 0 bridgehead atoms. The van der Waals surface area contributed by atoms with Gasteiger partial charge < -0.3 is 25.0 Å². The van der Waals surface area contributed by atoms with Crippen LogP contribution in [-0.2, 0) is 11.2 Å². The van der Waals surface area contributed by atoms with Crippen LogP contribution in [0.1, 0.15) is 46.1 Å². The van der Waals surface area contributed by atoms with Crippen molar-refractivity contribution < 1.29 is 14.3 Å². The monoisotopic (exact) mass is 375 g/mol. The van der Waals surface area contributed by atoms with Crippen molar-refractivity contribution in [1.29, 1.82) is 0 Å². The molecule has 0 aromatic heterocycles. The number of benzene rings is 1. The van der Waals surface area contributed by atoms with Crippen molar-refractivity contribution in [3.05, 3.63) is 17.7 Å². The Bertz CT molecular complexity index is 695. The van der Waals surface area contributed by atoms with Crippen molar-refractivity contribution >= 4 is 17.5 Å². The topological polar surface area (TPSA) is 68.0 Å². The lowest BCUT2D eigenvalue weighted by Gasteiger charge is -2.54. The Morgan fingerprint density at radius 1 is 1.22 bits per heavy atom. The van der Waals surface area contributed by atoms with Gasteiger partial charge in [-0.2, -0.15) is 0 Å². The van der Waals surface area contributed by atoms with Crippen LogP contribution in [0, 0.1) is 5.41 Å². The van der Waals surface area contributed by atoms with Crippen LogP contribution in [0.3, 0.4) is 0 Å². The predicted molar refractivity (Wildman–Crippen MR) is 108 cm³/mol. The molecule has 0 unspecified atom stereocenters. The van der Waals surface area contributed by atoms with Crippen molar-refractivity contribution in [3.8, 4) is 5.75 Å². The highest BCUT2D eigenvalue weighted by molar-refractivity contribution is 5.70. The third-order valence-corrected chi connectivity index (χ3v) is 5.68. The summed E-state index contributed by atoms with van der Waals surface area (Å²) in [5, 5.41) is 0. The first-order chi connectivity index (χ1) is 12.7. The van der Waals surface area contributed by atoms with Crippen molar-refractivity contribution in [2.45, 2.75) is 52.6 Å². The number of anilines is 2. The summed E-state index contributed by atoms with van der Waals surface area (Å²) in [6.07, 6.45) is 2.93. The maximum Gasteiger partial charge on any atom is 0.410 e. The Labute approximate surface area is 162 Å². The van der Waals surface area contributed by atoms with Gasteiger partial charge in [0.15, 0.2) is 0 Å². The summed E-state index contributed by atoms with van der Waals surface area (Å²) >= 11 is 0. The molecule has 1 spiro atoms. The summed E-state index contributed by atoms with van der Waals surface area (Å²) in [5.74, 6) is 0.738. The standard InChI is InChI=1S/C21H33N3O3/c1-6-15-11-16(22)18(26-5)12-17(15)23-9-7-21(8-10-23)13-24(14-21)19(25)27-20(2,3)4/h11-12H,6-10,13-14,22H2,1-5H3. The molecule has 2 heterocycles. The fourth-order valence-electron chi connectivity index (χ4n) is 4.14. The lowest BCUT2D eigenvalue weighted by Crippen LogP contribution is -2.62. The van der Waals surface area contributed by atoms with Crippen LogP contribution in [0.25, 0.3) is 0 Å². The Morgan fingerprint density at radius 2 is 1.85 bits per heavy atom. The number of ether oxygens (including phenoxy) is 2. The minimum Gasteiger partial charge on any atom is -0.495 e. The van der Waals surface area contributed by atoms with Gasteiger partial charge in [-0.25, -0.2) is 4.79 Å². The van der Waals surface area contributed by atoms with E-state index >= 15 is 0 Å². The average molecular weight is 376 g/mol. The number of carbonyl (C=O) groups is 1. The third kappa shape index (κ3) is 4.09. The van der Waals surface area contributed by atoms with E-state index in [2.05, 4.69) is 17.9 Å². The number of methoxy groups -OCH3 is 1. The Kier molecular flexibility index (Phi) is 5.19. The normalized spacial score (nSPS) is 19.0. The first-order valence-electron chi connectivity index (χ1n) is 9.86. The van der Waals surface area contributed by atoms with Crippen LogP contribution in [0.4, 0.5) is 16.2 Å². The fraction of sp³-hybridized carbons (Fsp3) is 0.667. The van der Waals surface area contributed by atoms with E-state index in [9.17, 15) is 4.79 Å². The molecule has 6 heteroatoms. The van der Waals surface area contributed by atoms with Gasteiger partial charge >= 0.3 is 6.09 Å². The second kappa shape index (κ2) is 7.13. The van der Waals surface area contributed by atoms with Crippen molar-refractivity contribution in [2.24, 2.45) is 5.41 Å². The summed E-state index contributed by atoms with van der Waals surface area (Å²) < 4.78 is 10.9. The molecule has 1 aromatic rings. The number of nitrogens with zero attached hydrogens (tertiary/aromatic N) is 2. The van der Waals surface area contributed by atoms with E-state index in [0.717, 1.165) is 51.2 Å². The molecule has 0 atom stereocenters. The zero-order chi connectivity index (χ0) is 19.8. The van der Waals surface area contributed by atoms with Gasteiger partial charge in [-0.3, -0.25) is 0 Å². The fourth-order valence-corrected chi connectivity index (χ4v) is 4.14. The highest BCUT2D eigenvalue weighted by atomic mass is 16.6. The van der Waals surface area contributed by atoms with Gasteiger partial charge in [0.1, 0.15) is 11.4 Å². The summed E-state index contributed by atoms with van der Waals surface area (Å²) in [4.78, 5) is 16.5. The molecule has 1 amide bonds. The second-order valence-corrected chi connectivity index (χ2v) is 8.90. The summed E-state index contributed by atoms with van der Waals surface area (Å²) in [7, 11) is 1.66. The maximum absolute atomic E-state index is 12.2. The minimum absolute atomic E-state index is 0.188. The molecule has 1 aromatic carbocycles. The van der Waals surface area contributed by atoms with Gasteiger partial charge in [0, 0.05) is 43.3 Å². The van der Waals surface area contributed by atoms with E-state index in [1.165, 1.54) is 11.3 Å². The van der Waals surface area contributed by atoms with Crippen molar-refractivity contribution in [1.82, 2.24) is 4.90 Å². The number of likely N-dealkylation sites (tertiary alicyclic amines) is 1. The van der Waals surface area contributed by atoms with Crippen LogP contribution < -0.4 is 15.4 Å². The number of rotatable bonds is 3. The summed E-state index contributed by atoms with van der Waals surface area (Å²) in [5.41, 5.74) is 9.06. The van der Waals surface area contributed by atoms with E-state index in [1.807, 2.05) is 31.7 Å². The molecule has 150 valence electrons. The Morgan fingerprint density at radius 3 is 2.37 bits per heavy atom. The molecule has 2 fully saturated rings. The van der Waals surface area contributed by atoms with Crippen molar-refractivity contribution in [3.63, 3.8) is 0 Å². The molecule has 3 rings (SSSR count). The number of carbonyl (C=O) groups excluding carboxylic acids is 1. The molecule has 2 aliphatic rings. The number of amides is 1. The molecule has 0 aliphatic carbocycles. The van der Waals surface area contributed by atoms with E-state index < -0.39 is 5.60 Å². The number of hydrogen-bond acceptors (Lipinski definition) is 5. The SMILES string of the molecule is CCc1cc(N)c(OC)cc1N1CCC2(CC1)CN(C(=O)OC(C)(C)C)C2. The number of aryl methyl sites for hydroxylation is 1. The van der Waals surface area contributed by atoms with Crippen LogP contribution in [0.2, 0.25) is 0 Å². The van der Waals surface area contributed by atoms with Crippen molar-refractivity contribution in [2.75, 3.05) is 43.9 Å². The van der Waals surface area contributed by atoms with E-state index in [-0.39, 0.29) is 11.5 Å². The number of nitrogens with two attached hydrogens (primary N) is 1. The summed E-state index contributed by atoms with van der Waals surface area (Å²) in [6.45, 7) is 11.5. The molecule has 0 radical (unpaired) electrons. The molecule has 27 heavy (non-hydrogen) atoms. The quantitative estimate of drug-likeness (QED) is 0.816. The van der Waals surface area contributed by atoms with Crippen LogP contribution in [0.15, 0.2) is 12.1 Å². The first kappa shape index (κ1) is 19.6. The summed E-state index contributed by atoms with van der Waals surface area (Å²) in [6, 6.07) is 4.10. The Hall–Kier alpha value is -2.11. The first-order valence-corrected chi connectivity index (χ1v) is 9.86. The van der Waals surface area contributed by atoms with Crippen LogP contribution in [0.5, 0.6) is 5.75 Å². The maximum atomic E-state index is 12.2. The van der Waals surface area contributed by atoms with E-state index in [4.69, 9.17) is 15.2 Å². The predicted octanol–water partition coefficient (Wildman–Crippen LogP) is 3.68. The molecular formula is C21H33N3O3. The van der Waals surface area contributed by atoms with Gasteiger partial charge in [0.25, 0.3) is 0 Å². The highest BCUT2D eigenvalue weighted by Gasteiger charge is 2.47. The Balaban J connectivity index is 1.61. The van der Waals surface area contributed by atoms with Gasteiger partial charge in [-0.05, 0) is 51.7 Å². The van der Waals surface area contributed by atoms with Gasteiger partial charge in [0.2, 0.25) is 0 Å². The zero-order valence-corrected chi connectivity index (χ0v) is 17.3. The molecule has 6 nitrogen and oxygen atoms in total. The second-order valence-electron chi connectivity index (χ2n) is 8.90. The smallest absolute Gasteiger partial charge is 0.410 e. The number of piperidine rings is 1. The molecule has 2 aliphatic heterocycles. The zero-order valence-electron chi connectivity index (χ0n) is 17.3. The van der Waals surface area contributed by atoms with Gasteiger partial charge in [-0.1, -0.05) is 6.92 Å². The average Bonchev–Trinajstić information content (AvgIpc) is 2.58. The minimum atomic E-state index is -0.437. The van der Waals surface area contributed by atoms with E-state index in [1.54, 1.807) is 7.11 Å². The number of hydrogen-bond donors (Lipinski definition) is 1. The number of nitrogen functional groups attached to an aromatic ring is 1. The molecule has 0 saturated carbocycles.